The molecular formula is C13H17ClN4O. The number of pyridine rings is 1. The number of nitrogens with two attached hydrogens (primary N) is 1. The van der Waals surface area contributed by atoms with Crippen LogP contribution in [-0.4, -0.2) is 27.7 Å². The van der Waals surface area contributed by atoms with Gasteiger partial charge in [0.2, 0.25) is 5.95 Å². The van der Waals surface area contributed by atoms with Crippen molar-refractivity contribution in [3.05, 3.63) is 17.3 Å². The van der Waals surface area contributed by atoms with E-state index < -0.39 is 0 Å². The Morgan fingerprint density at radius 1 is 1.47 bits per heavy atom. The number of hydrogen-bond acceptors (Lipinski definition) is 4. The van der Waals surface area contributed by atoms with Crippen LogP contribution in [0.4, 0.5) is 5.95 Å². The topological polar surface area (TPSA) is 66.0 Å². The molecule has 1 aliphatic rings. The number of hydrogen-bond donors (Lipinski definition) is 1. The molecule has 0 amide bonds. The maximum Gasteiger partial charge on any atom is 0.202 e. The van der Waals surface area contributed by atoms with Crippen LogP contribution in [0.15, 0.2) is 12.3 Å². The van der Waals surface area contributed by atoms with E-state index in [0.717, 1.165) is 43.8 Å². The van der Waals surface area contributed by atoms with Gasteiger partial charge in [-0.1, -0.05) is 18.5 Å². The lowest BCUT2D eigenvalue weighted by molar-refractivity contribution is 0.0162. The van der Waals surface area contributed by atoms with Gasteiger partial charge >= 0.3 is 0 Å². The molecule has 1 aliphatic heterocycles. The Labute approximate surface area is 116 Å². The van der Waals surface area contributed by atoms with Crippen LogP contribution in [0.5, 0.6) is 0 Å². The maximum atomic E-state index is 6.02. The molecule has 2 N–H and O–H groups in total. The summed E-state index contributed by atoms with van der Waals surface area (Å²) in [6, 6.07) is 1.79. The molecule has 0 saturated carbocycles. The molecule has 0 aliphatic carbocycles. The predicted octanol–water partition coefficient (Wildman–Crippen LogP) is 2.48. The molecule has 0 unspecified atom stereocenters. The average Bonchev–Trinajstić information content (AvgIpc) is 2.65. The van der Waals surface area contributed by atoms with Gasteiger partial charge in [0.15, 0.2) is 5.65 Å². The van der Waals surface area contributed by atoms with Crippen LogP contribution in [-0.2, 0) is 11.3 Å². The summed E-state index contributed by atoms with van der Waals surface area (Å²) in [5, 5.41) is 0.578. The summed E-state index contributed by atoms with van der Waals surface area (Å²) in [7, 11) is 0. The van der Waals surface area contributed by atoms with Gasteiger partial charge in [0, 0.05) is 26.0 Å². The van der Waals surface area contributed by atoms with Gasteiger partial charge in [-0.3, -0.25) is 4.57 Å². The van der Waals surface area contributed by atoms with E-state index >= 15 is 0 Å². The van der Waals surface area contributed by atoms with Gasteiger partial charge < -0.3 is 10.5 Å². The minimum Gasteiger partial charge on any atom is -0.381 e. The van der Waals surface area contributed by atoms with Gasteiger partial charge in [0.05, 0.1) is 5.02 Å². The number of fused-ring (bicyclic) bond motifs is 1. The Morgan fingerprint density at radius 3 is 2.95 bits per heavy atom. The Balaban J connectivity index is 1.98. The highest BCUT2D eigenvalue weighted by molar-refractivity contribution is 6.31. The first kappa shape index (κ1) is 12.7. The van der Waals surface area contributed by atoms with Crippen molar-refractivity contribution in [1.82, 2.24) is 14.5 Å². The molecule has 5 nitrogen and oxygen atoms in total. The van der Waals surface area contributed by atoms with E-state index in [0.29, 0.717) is 11.0 Å². The van der Waals surface area contributed by atoms with Crippen molar-refractivity contribution in [3.8, 4) is 0 Å². The van der Waals surface area contributed by atoms with Crippen molar-refractivity contribution in [2.45, 2.75) is 26.3 Å². The van der Waals surface area contributed by atoms with Crippen LogP contribution in [0.2, 0.25) is 5.02 Å². The van der Waals surface area contributed by atoms with Crippen molar-refractivity contribution in [2.24, 2.45) is 5.41 Å². The van der Waals surface area contributed by atoms with Crippen LogP contribution < -0.4 is 5.73 Å². The van der Waals surface area contributed by atoms with Crippen LogP contribution in [0.1, 0.15) is 19.8 Å². The zero-order valence-electron chi connectivity index (χ0n) is 10.9. The maximum absolute atomic E-state index is 6.02. The molecule has 2 aromatic heterocycles. The van der Waals surface area contributed by atoms with E-state index in [2.05, 4.69) is 16.9 Å². The highest BCUT2D eigenvalue weighted by Crippen LogP contribution is 2.33. The first-order chi connectivity index (χ1) is 9.07. The molecule has 1 fully saturated rings. The zero-order valence-corrected chi connectivity index (χ0v) is 11.7. The SMILES string of the molecule is CC1(Cn2c(N)nc3cc(Cl)cnc32)CCOCC1. The van der Waals surface area contributed by atoms with Gasteiger partial charge in [0.1, 0.15) is 5.52 Å². The minimum atomic E-state index is 0.182. The Morgan fingerprint density at radius 2 is 2.21 bits per heavy atom. The molecule has 0 radical (unpaired) electrons. The second kappa shape index (κ2) is 4.65. The number of rotatable bonds is 2. The second-order valence-corrected chi connectivity index (χ2v) is 5.91. The molecule has 3 rings (SSSR count). The number of nitrogen functional groups attached to an aromatic ring is 1. The molecule has 2 aromatic rings. The van der Waals surface area contributed by atoms with Crippen LogP contribution in [0.3, 0.4) is 0 Å². The summed E-state index contributed by atoms with van der Waals surface area (Å²) < 4.78 is 7.41. The van der Waals surface area contributed by atoms with E-state index in [1.54, 1.807) is 12.3 Å². The Hall–Kier alpha value is -1.33. The molecule has 6 heteroatoms. The largest absolute Gasteiger partial charge is 0.381 e. The van der Waals surface area contributed by atoms with Gasteiger partial charge in [-0.15, -0.1) is 0 Å². The zero-order chi connectivity index (χ0) is 13.5. The van der Waals surface area contributed by atoms with Crippen LogP contribution in [0, 0.1) is 5.41 Å². The fraction of sp³-hybridized carbons (Fsp3) is 0.538. The first-order valence-corrected chi connectivity index (χ1v) is 6.80. The smallest absolute Gasteiger partial charge is 0.202 e. The molecule has 0 aromatic carbocycles. The van der Waals surface area contributed by atoms with Crippen LogP contribution >= 0.6 is 11.6 Å². The van der Waals surface area contributed by atoms with Gasteiger partial charge in [0.25, 0.3) is 0 Å². The number of anilines is 1. The van der Waals surface area contributed by atoms with E-state index in [-0.39, 0.29) is 5.41 Å². The summed E-state index contributed by atoms with van der Waals surface area (Å²) >= 11 is 5.93. The molecule has 3 heterocycles. The van der Waals surface area contributed by atoms with Crippen molar-refractivity contribution < 1.29 is 4.74 Å². The number of imidazole rings is 1. The summed E-state index contributed by atoms with van der Waals surface area (Å²) in [5.74, 6) is 0.498. The molecule has 0 atom stereocenters. The first-order valence-electron chi connectivity index (χ1n) is 6.42. The summed E-state index contributed by atoms with van der Waals surface area (Å²) in [4.78, 5) is 8.69. The molecule has 1 saturated heterocycles. The quantitative estimate of drug-likeness (QED) is 0.918. The Kier molecular flexibility index (Phi) is 3.11. The lowest BCUT2D eigenvalue weighted by atomic mass is 9.82. The van der Waals surface area contributed by atoms with Gasteiger partial charge in [-0.25, -0.2) is 9.97 Å². The van der Waals surface area contributed by atoms with Crippen LogP contribution in [0.25, 0.3) is 11.2 Å². The minimum absolute atomic E-state index is 0.182. The van der Waals surface area contributed by atoms with Crippen molar-refractivity contribution in [3.63, 3.8) is 0 Å². The normalized spacial score (nSPS) is 18.8. The van der Waals surface area contributed by atoms with E-state index in [1.165, 1.54) is 0 Å². The standard InChI is InChI=1S/C13H17ClN4O/c1-13(2-4-19-5-3-13)8-18-11-10(17-12(18)15)6-9(14)7-16-11/h6-7H,2-5,8H2,1H3,(H2,15,17). The van der Waals surface area contributed by atoms with E-state index in [9.17, 15) is 0 Å². The summed E-state index contributed by atoms with van der Waals surface area (Å²) in [6.07, 6.45) is 3.69. The Bertz CT molecular complexity index is 604. The van der Waals surface area contributed by atoms with E-state index in [1.807, 2.05) is 4.57 Å². The van der Waals surface area contributed by atoms with Gasteiger partial charge in [-0.05, 0) is 24.3 Å². The highest BCUT2D eigenvalue weighted by Gasteiger charge is 2.29. The summed E-state index contributed by atoms with van der Waals surface area (Å²) in [6.45, 7) is 4.69. The summed E-state index contributed by atoms with van der Waals surface area (Å²) in [5.41, 5.74) is 7.75. The molecular weight excluding hydrogens is 264 g/mol. The van der Waals surface area contributed by atoms with Gasteiger partial charge in [-0.2, -0.15) is 0 Å². The number of halogens is 1. The third-order valence-corrected chi connectivity index (χ3v) is 4.03. The van der Waals surface area contributed by atoms with E-state index in [4.69, 9.17) is 22.1 Å². The van der Waals surface area contributed by atoms with Crippen molar-refractivity contribution in [1.29, 1.82) is 0 Å². The lowest BCUT2D eigenvalue weighted by Gasteiger charge is -2.34. The second-order valence-electron chi connectivity index (χ2n) is 5.48. The third-order valence-electron chi connectivity index (χ3n) is 3.82. The average molecular weight is 281 g/mol. The molecule has 19 heavy (non-hydrogen) atoms. The fourth-order valence-electron chi connectivity index (χ4n) is 2.56. The predicted molar refractivity (Wildman–Crippen MR) is 75.1 cm³/mol. The molecule has 0 spiro atoms. The molecule has 102 valence electrons. The number of ether oxygens (including phenoxy) is 1. The number of nitrogens with zero attached hydrogens (tertiary/aromatic N) is 3. The molecule has 0 bridgehead atoms. The fourth-order valence-corrected chi connectivity index (χ4v) is 2.72. The lowest BCUT2D eigenvalue weighted by Crippen LogP contribution is -2.31. The van der Waals surface area contributed by atoms with Crippen molar-refractivity contribution >= 4 is 28.7 Å². The third kappa shape index (κ3) is 2.40. The highest BCUT2D eigenvalue weighted by atomic mass is 35.5. The van der Waals surface area contributed by atoms with Crippen molar-refractivity contribution in [2.75, 3.05) is 18.9 Å². The monoisotopic (exact) mass is 280 g/mol. The number of aromatic nitrogens is 3.